The van der Waals surface area contributed by atoms with Crippen molar-refractivity contribution in [3.05, 3.63) is 16.1 Å². The molecule has 2 rings (SSSR count). The number of nitrogens with zero attached hydrogens (tertiary/aromatic N) is 2. The zero-order valence-corrected chi connectivity index (χ0v) is 11.9. The molecule has 5 nitrogen and oxygen atoms in total. The van der Waals surface area contributed by atoms with E-state index in [2.05, 4.69) is 11.9 Å². The Hall–Kier alpha value is -1.43. The molecule has 1 amide bonds. The standard InChI is InChI=1S/C13H18N2O3S/c1-8-4-3-5-9(6-8)15(2)12(16)11-14-10(7-19-11)13(17)18/h7-9H,3-6H2,1-2H3,(H,17,18). The Balaban J connectivity index is 2.07. The van der Waals surface area contributed by atoms with Crippen LogP contribution in [0.3, 0.4) is 0 Å². The predicted octanol–water partition coefficient (Wildman–Crippen LogP) is 2.49. The summed E-state index contributed by atoms with van der Waals surface area (Å²) in [6.07, 6.45) is 4.39. The van der Waals surface area contributed by atoms with Gasteiger partial charge in [-0.2, -0.15) is 0 Å². The van der Waals surface area contributed by atoms with Crippen LogP contribution in [0.15, 0.2) is 5.38 Å². The number of aromatic nitrogens is 1. The van der Waals surface area contributed by atoms with Crippen LogP contribution >= 0.6 is 11.3 Å². The molecule has 0 radical (unpaired) electrons. The third-order valence-corrected chi connectivity index (χ3v) is 4.51. The summed E-state index contributed by atoms with van der Waals surface area (Å²) in [6, 6.07) is 0.244. The molecule has 2 unspecified atom stereocenters. The molecule has 1 fully saturated rings. The first kappa shape index (κ1) is 14.0. The number of carbonyl (C=O) groups excluding carboxylic acids is 1. The van der Waals surface area contributed by atoms with E-state index >= 15 is 0 Å². The SMILES string of the molecule is CC1CCCC(N(C)C(=O)c2nc(C(=O)O)cs2)C1. The number of thiazole rings is 1. The number of carbonyl (C=O) groups is 2. The summed E-state index contributed by atoms with van der Waals surface area (Å²) >= 11 is 1.10. The Morgan fingerprint density at radius 1 is 1.47 bits per heavy atom. The van der Waals surface area contributed by atoms with Gasteiger partial charge in [0.2, 0.25) is 0 Å². The molecule has 2 atom stereocenters. The Morgan fingerprint density at radius 2 is 2.21 bits per heavy atom. The van der Waals surface area contributed by atoms with E-state index in [0.29, 0.717) is 5.92 Å². The van der Waals surface area contributed by atoms with Crippen molar-refractivity contribution in [1.82, 2.24) is 9.88 Å². The monoisotopic (exact) mass is 282 g/mol. The normalized spacial score (nSPS) is 23.1. The molecule has 1 aliphatic rings. The summed E-state index contributed by atoms with van der Waals surface area (Å²) in [5.41, 5.74) is -0.0567. The molecular weight excluding hydrogens is 264 g/mol. The van der Waals surface area contributed by atoms with Crippen molar-refractivity contribution in [2.24, 2.45) is 5.92 Å². The summed E-state index contributed by atoms with van der Waals surface area (Å²) in [6.45, 7) is 2.20. The summed E-state index contributed by atoms with van der Waals surface area (Å²) in [4.78, 5) is 28.6. The molecule has 0 saturated heterocycles. The van der Waals surface area contributed by atoms with E-state index in [0.717, 1.165) is 30.6 Å². The van der Waals surface area contributed by atoms with Crippen LogP contribution in [0, 0.1) is 5.92 Å². The first-order valence-corrected chi connectivity index (χ1v) is 7.33. The van der Waals surface area contributed by atoms with E-state index in [1.807, 2.05) is 0 Å². The van der Waals surface area contributed by atoms with Gasteiger partial charge in [-0.25, -0.2) is 9.78 Å². The fraction of sp³-hybridized carbons (Fsp3) is 0.615. The lowest BCUT2D eigenvalue weighted by Crippen LogP contribution is -2.39. The highest BCUT2D eigenvalue weighted by atomic mass is 32.1. The second-order valence-electron chi connectivity index (χ2n) is 5.18. The van der Waals surface area contributed by atoms with Crippen molar-refractivity contribution in [3.63, 3.8) is 0 Å². The minimum Gasteiger partial charge on any atom is -0.476 e. The van der Waals surface area contributed by atoms with E-state index in [1.165, 1.54) is 11.8 Å². The van der Waals surface area contributed by atoms with Gasteiger partial charge < -0.3 is 10.0 Å². The lowest BCUT2D eigenvalue weighted by Gasteiger charge is -2.33. The Kier molecular flexibility index (Phi) is 4.19. The summed E-state index contributed by atoms with van der Waals surface area (Å²) < 4.78 is 0. The second kappa shape index (κ2) is 5.69. The van der Waals surface area contributed by atoms with E-state index in [9.17, 15) is 9.59 Å². The Bertz CT molecular complexity index is 486. The average Bonchev–Trinajstić information content (AvgIpc) is 2.86. The molecule has 1 aromatic rings. The van der Waals surface area contributed by atoms with Crippen molar-refractivity contribution in [1.29, 1.82) is 0 Å². The van der Waals surface area contributed by atoms with Crippen LogP contribution < -0.4 is 0 Å². The van der Waals surface area contributed by atoms with Gasteiger partial charge in [-0.3, -0.25) is 4.79 Å². The summed E-state index contributed by atoms with van der Waals surface area (Å²) in [5.74, 6) is -0.624. The molecule has 0 spiro atoms. The summed E-state index contributed by atoms with van der Waals surface area (Å²) in [7, 11) is 1.78. The van der Waals surface area contributed by atoms with Crippen LogP contribution in [0.25, 0.3) is 0 Å². The highest BCUT2D eigenvalue weighted by Crippen LogP contribution is 2.27. The third kappa shape index (κ3) is 3.12. The van der Waals surface area contributed by atoms with Gasteiger partial charge >= 0.3 is 5.97 Å². The molecule has 1 saturated carbocycles. The predicted molar refractivity (Wildman–Crippen MR) is 72.6 cm³/mol. The largest absolute Gasteiger partial charge is 0.476 e. The zero-order valence-electron chi connectivity index (χ0n) is 11.1. The molecule has 1 N–H and O–H groups in total. The van der Waals surface area contributed by atoms with Crippen LogP contribution in [-0.2, 0) is 0 Å². The highest BCUT2D eigenvalue weighted by Gasteiger charge is 2.27. The minimum atomic E-state index is -1.09. The molecule has 19 heavy (non-hydrogen) atoms. The van der Waals surface area contributed by atoms with Crippen LogP contribution in [0.1, 0.15) is 52.9 Å². The average molecular weight is 282 g/mol. The lowest BCUT2D eigenvalue weighted by molar-refractivity contribution is 0.0671. The molecule has 1 aromatic heterocycles. The van der Waals surface area contributed by atoms with Gasteiger partial charge in [0.1, 0.15) is 0 Å². The van der Waals surface area contributed by atoms with Gasteiger partial charge in [-0.15, -0.1) is 11.3 Å². The first-order chi connectivity index (χ1) is 8.99. The quantitative estimate of drug-likeness (QED) is 0.924. The molecule has 0 aromatic carbocycles. The zero-order chi connectivity index (χ0) is 14.0. The van der Waals surface area contributed by atoms with E-state index < -0.39 is 5.97 Å². The van der Waals surface area contributed by atoms with Gasteiger partial charge in [0.25, 0.3) is 5.91 Å². The van der Waals surface area contributed by atoms with E-state index in [1.54, 1.807) is 11.9 Å². The topological polar surface area (TPSA) is 70.5 Å². The van der Waals surface area contributed by atoms with Crippen molar-refractivity contribution in [3.8, 4) is 0 Å². The number of carboxylic acid groups (broad SMARTS) is 1. The van der Waals surface area contributed by atoms with Gasteiger partial charge in [0.05, 0.1) is 0 Å². The van der Waals surface area contributed by atoms with Gasteiger partial charge in [0.15, 0.2) is 10.7 Å². The van der Waals surface area contributed by atoms with Gasteiger partial charge in [-0.1, -0.05) is 19.8 Å². The van der Waals surface area contributed by atoms with Crippen LogP contribution in [-0.4, -0.2) is 40.0 Å². The van der Waals surface area contributed by atoms with Crippen LogP contribution in [0.2, 0.25) is 0 Å². The number of aromatic carboxylic acids is 1. The van der Waals surface area contributed by atoms with Crippen LogP contribution in [0.4, 0.5) is 0 Å². The second-order valence-corrected chi connectivity index (χ2v) is 6.04. The molecule has 1 heterocycles. The maximum atomic E-state index is 12.3. The van der Waals surface area contributed by atoms with Crippen molar-refractivity contribution in [2.45, 2.75) is 38.6 Å². The van der Waals surface area contributed by atoms with Crippen molar-refractivity contribution >= 4 is 23.2 Å². The first-order valence-electron chi connectivity index (χ1n) is 6.45. The fourth-order valence-corrected chi connectivity index (χ4v) is 3.31. The number of carboxylic acids is 1. The Morgan fingerprint density at radius 3 is 2.79 bits per heavy atom. The third-order valence-electron chi connectivity index (χ3n) is 3.68. The molecular formula is C13H18N2O3S. The maximum absolute atomic E-state index is 12.3. The molecule has 6 heteroatoms. The van der Waals surface area contributed by atoms with E-state index in [4.69, 9.17) is 5.11 Å². The minimum absolute atomic E-state index is 0.0567. The van der Waals surface area contributed by atoms with Gasteiger partial charge in [-0.05, 0) is 18.8 Å². The van der Waals surface area contributed by atoms with Gasteiger partial charge in [0, 0.05) is 18.5 Å². The molecule has 0 aliphatic heterocycles. The van der Waals surface area contributed by atoms with Crippen molar-refractivity contribution in [2.75, 3.05) is 7.05 Å². The molecule has 1 aliphatic carbocycles. The summed E-state index contributed by atoms with van der Waals surface area (Å²) in [5, 5.41) is 10.5. The number of hydrogen-bond donors (Lipinski definition) is 1. The van der Waals surface area contributed by atoms with Crippen LogP contribution in [0.5, 0.6) is 0 Å². The highest BCUT2D eigenvalue weighted by molar-refractivity contribution is 7.11. The molecule has 0 bridgehead atoms. The lowest BCUT2D eigenvalue weighted by atomic mass is 9.86. The fourth-order valence-electron chi connectivity index (χ4n) is 2.54. The van der Waals surface area contributed by atoms with Crippen molar-refractivity contribution < 1.29 is 14.7 Å². The number of rotatable bonds is 3. The maximum Gasteiger partial charge on any atom is 0.355 e. The molecule has 104 valence electrons. The van der Waals surface area contributed by atoms with E-state index in [-0.39, 0.29) is 22.7 Å². The Labute approximate surface area is 116 Å². The smallest absolute Gasteiger partial charge is 0.355 e. The number of amides is 1. The number of hydrogen-bond acceptors (Lipinski definition) is 4.